The zero-order chi connectivity index (χ0) is 18.8. The van der Waals surface area contributed by atoms with E-state index in [0.29, 0.717) is 29.0 Å². The second-order valence-corrected chi connectivity index (χ2v) is 7.71. The van der Waals surface area contributed by atoms with Crippen molar-refractivity contribution >= 4 is 44.9 Å². The first-order chi connectivity index (χ1) is 13.1. The Hall–Kier alpha value is -2.38. The number of benzene rings is 2. The Morgan fingerprint density at radius 3 is 2.67 bits per heavy atom. The molecule has 0 spiro atoms. The predicted molar refractivity (Wildman–Crippen MR) is 105 cm³/mol. The van der Waals surface area contributed by atoms with Gasteiger partial charge in [-0.15, -0.1) is 0 Å². The molecule has 1 aromatic heterocycles. The Morgan fingerprint density at radius 2 is 1.96 bits per heavy atom. The van der Waals surface area contributed by atoms with E-state index in [0.717, 1.165) is 23.1 Å². The number of amides is 2. The number of fused-ring (bicyclic) bond motifs is 1. The van der Waals surface area contributed by atoms with Crippen molar-refractivity contribution in [2.45, 2.75) is 18.9 Å². The highest BCUT2D eigenvalue weighted by Crippen LogP contribution is 2.33. The fraction of sp³-hybridized carbons (Fsp3) is 0.263. The smallest absolute Gasteiger partial charge is 0.321 e. The van der Waals surface area contributed by atoms with E-state index in [9.17, 15) is 9.18 Å². The number of para-hydroxylation sites is 1. The molecule has 0 atom stereocenters. The van der Waals surface area contributed by atoms with Gasteiger partial charge in [-0.2, -0.15) is 0 Å². The number of hydrogen-bond acceptors (Lipinski definition) is 4. The average Bonchev–Trinajstić information content (AvgIpc) is 3.08. The molecule has 0 unspecified atom stereocenters. The molecule has 8 heteroatoms. The van der Waals surface area contributed by atoms with Gasteiger partial charge in [0.25, 0.3) is 5.19 Å². The van der Waals surface area contributed by atoms with Crippen molar-refractivity contribution < 1.29 is 13.9 Å². The summed E-state index contributed by atoms with van der Waals surface area (Å²) in [6, 6.07) is 11.2. The molecule has 2 heterocycles. The van der Waals surface area contributed by atoms with E-state index in [-0.39, 0.29) is 18.0 Å². The molecule has 1 fully saturated rings. The van der Waals surface area contributed by atoms with Crippen molar-refractivity contribution in [2.75, 3.05) is 18.4 Å². The van der Waals surface area contributed by atoms with Gasteiger partial charge in [-0.1, -0.05) is 29.0 Å². The maximum Gasteiger partial charge on any atom is 0.321 e. The number of nitrogens with one attached hydrogen (secondary N) is 1. The highest BCUT2D eigenvalue weighted by molar-refractivity contribution is 7.20. The van der Waals surface area contributed by atoms with E-state index in [2.05, 4.69) is 10.3 Å². The van der Waals surface area contributed by atoms with Crippen LogP contribution in [0.4, 0.5) is 14.9 Å². The number of carbonyl (C=O) groups is 1. The van der Waals surface area contributed by atoms with Crippen LogP contribution in [0.3, 0.4) is 0 Å². The number of rotatable bonds is 3. The molecule has 1 aliphatic heterocycles. The summed E-state index contributed by atoms with van der Waals surface area (Å²) in [6.07, 6.45) is 1.46. The molecule has 1 N–H and O–H groups in total. The fourth-order valence-corrected chi connectivity index (χ4v) is 4.18. The second-order valence-electron chi connectivity index (χ2n) is 6.31. The topological polar surface area (TPSA) is 54.5 Å². The molecule has 5 nitrogen and oxygen atoms in total. The lowest BCUT2D eigenvalue weighted by Gasteiger charge is -2.31. The van der Waals surface area contributed by atoms with Gasteiger partial charge in [0.15, 0.2) is 0 Å². The molecule has 140 valence electrons. The number of ether oxygens (including phenoxy) is 1. The molecule has 2 amide bonds. The summed E-state index contributed by atoms with van der Waals surface area (Å²) in [5.41, 5.74) is 1.33. The summed E-state index contributed by atoms with van der Waals surface area (Å²) < 4.78 is 19.9. The van der Waals surface area contributed by atoms with Crippen molar-refractivity contribution in [1.29, 1.82) is 0 Å². The van der Waals surface area contributed by atoms with Crippen LogP contribution in [0.1, 0.15) is 12.8 Å². The first-order valence-electron chi connectivity index (χ1n) is 8.62. The van der Waals surface area contributed by atoms with Crippen molar-refractivity contribution in [3.05, 3.63) is 53.3 Å². The third-order valence-corrected chi connectivity index (χ3v) is 5.66. The van der Waals surface area contributed by atoms with Crippen LogP contribution in [-0.2, 0) is 0 Å². The van der Waals surface area contributed by atoms with E-state index in [1.165, 1.54) is 23.5 Å². The molecule has 0 bridgehead atoms. The summed E-state index contributed by atoms with van der Waals surface area (Å²) in [5.74, 6) is -0.331. The van der Waals surface area contributed by atoms with Gasteiger partial charge in [0, 0.05) is 31.6 Å². The van der Waals surface area contributed by atoms with Crippen LogP contribution in [0.15, 0.2) is 42.5 Å². The normalized spacial score (nSPS) is 15.1. The lowest BCUT2D eigenvalue weighted by Crippen LogP contribution is -2.43. The molecule has 0 radical (unpaired) electrons. The number of halogens is 2. The zero-order valence-corrected chi connectivity index (χ0v) is 15.9. The summed E-state index contributed by atoms with van der Waals surface area (Å²) >= 11 is 7.63. The van der Waals surface area contributed by atoms with Crippen LogP contribution in [-0.4, -0.2) is 35.1 Å². The highest BCUT2D eigenvalue weighted by atomic mass is 35.5. The summed E-state index contributed by atoms with van der Waals surface area (Å²) in [6.45, 7) is 1.17. The minimum Gasteiger partial charge on any atom is -0.467 e. The maximum absolute atomic E-state index is 12.9. The number of thiazole rings is 1. The molecule has 1 aliphatic rings. The lowest BCUT2D eigenvalue weighted by molar-refractivity contribution is 0.115. The third-order valence-electron chi connectivity index (χ3n) is 4.44. The van der Waals surface area contributed by atoms with E-state index < -0.39 is 0 Å². The summed E-state index contributed by atoms with van der Waals surface area (Å²) in [4.78, 5) is 18.5. The van der Waals surface area contributed by atoms with E-state index in [4.69, 9.17) is 16.3 Å². The molecule has 2 aromatic carbocycles. The van der Waals surface area contributed by atoms with E-state index in [1.807, 2.05) is 18.2 Å². The molecule has 0 aliphatic carbocycles. The molecule has 0 saturated carbocycles. The molecule has 27 heavy (non-hydrogen) atoms. The van der Waals surface area contributed by atoms with Crippen LogP contribution in [0, 0.1) is 5.82 Å². The number of likely N-dealkylation sites (tertiary alicyclic amines) is 1. The van der Waals surface area contributed by atoms with Crippen molar-refractivity contribution in [2.24, 2.45) is 0 Å². The molecule has 3 aromatic rings. The molecule has 1 saturated heterocycles. The SMILES string of the molecule is O=C(Nc1ccc(F)cc1)N1CCC(Oc2nc3c(Cl)cccc3s2)CC1. The van der Waals surface area contributed by atoms with Gasteiger partial charge in [0.1, 0.15) is 17.4 Å². The zero-order valence-electron chi connectivity index (χ0n) is 14.3. The van der Waals surface area contributed by atoms with Gasteiger partial charge >= 0.3 is 6.03 Å². The van der Waals surface area contributed by atoms with E-state index in [1.54, 1.807) is 17.0 Å². The number of carbonyl (C=O) groups excluding carboxylic acids is 1. The van der Waals surface area contributed by atoms with Crippen LogP contribution >= 0.6 is 22.9 Å². The number of piperidine rings is 1. The van der Waals surface area contributed by atoms with Crippen LogP contribution in [0.25, 0.3) is 10.2 Å². The highest BCUT2D eigenvalue weighted by Gasteiger charge is 2.25. The van der Waals surface area contributed by atoms with Gasteiger partial charge in [0.05, 0.1) is 9.72 Å². The molecule has 4 rings (SSSR count). The van der Waals surface area contributed by atoms with Crippen molar-refractivity contribution in [1.82, 2.24) is 9.88 Å². The van der Waals surface area contributed by atoms with Crippen molar-refractivity contribution in [3.63, 3.8) is 0 Å². The predicted octanol–water partition coefficient (Wildman–Crippen LogP) is 5.16. The van der Waals surface area contributed by atoms with Crippen LogP contribution in [0.2, 0.25) is 5.02 Å². The first-order valence-corrected chi connectivity index (χ1v) is 9.81. The Morgan fingerprint density at radius 1 is 1.22 bits per heavy atom. The maximum atomic E-state index is 12.9. The number of hydrogen-bond donors (Lipinski definition) is 1. The van der Waals surface area contributed by atoms with E-state index >= 15 is 0 Å². The first kappa shape index (κ1) is 18.0. The monoisotopic (exact) mass is 405 g/mol. The minimum atomic E-state index is -0.331. The number of nitrogens with zero attached hydrogens (tertiary/aromatic N) is 2. The third kappa shape index (κ3) is 4.14. The minimum absolute atomic E-state index is 0.0132. The van der Waals surface area contributed by atoms with Crippen LogP contribution < -0.4 is 10.1 Å². The second kappa shape index (κ2) is 7.70. The lowest BCUT2D eigenvalue weighted by atomic mass is 10.1. The Balaban J connectivity index is 1.32. The Kier molecular flexibility index (Phi) is 5.13. The standard InChI is InChI=1S/C19H17ClFN3O2S/c20-15-2-1-3-16-17(15)23-19(27-16)26-14-8-10-24(11-9-14)18(25)22-13-6-4-12(21)5-7-13/h1-7,14H,8-11H2,(H,22,25). The summed E-state index contributed by atoms with van der Waals surface area (Å²) in [7, 11) is 0. The Bertz CT molecular complexity index is 955. The van der Waals surface area contributed by atoms with Crippen LogP contribution in [0.5, 0.6) is 5.19 Å². The van der Waals surface area contributed by atoms with Gasteiger partial charge in [-0.05, 0) is 36.4 Å². The van der Waals surface area contributed by atoms with Crippen molar-refractivity contribution in [3.8, 4) is 5.19 Å². The molecular weight excluding hydrogens is 389 g/mol. The van der Waals surface area contributed by atoms with Gasteiger partial charge in [-0.25, -0.2) is 14.2 Å². The fourth-order valence-electron chi connectivity index (χ4n) is 3.00. The van der Waals surface area contributed by atoms with Gasteiger partial charge < -0.3 is 15.0 Å². The Labute approximate surface area is 164 Å². The quantitative estimate of drug-likeness (QED) is 0.654. The molecular formula is C19H17ClFN3O2S. The average molecular weight is 406 g/mol. The largest absolute Gasteiger partial charge is 0.467 e. The number of aromatic nitrogens is 1. The van der Waals surface area contributed by atoms with Gasteiger partial charge in [-0.3, -0.25) is 0 Å². The number of anilines is 1. The summed E-state index contributed by atoms with van der Waals surface area (Å²) in [5, 5.41) is 4.00. The number of urea groups is 1. The van der Waals surface area contributed by atoms with Gasteiger partial charge in [0.2, 0.25) is 0 Å².